The van der Waals surface area contributed by atoms with Crippen molar-refractivity contribution in [2.45, 2.75) is 52.9 Å². The number of nitrogens with zero attached hydrogens (tertiary/aromatic N) is 5. The van der Waals surface area contributed by atoms with E-state index in [2.05, 4.69) is 45.9 Å². The van der Waals surface area contributed by atoms with Crippen LogP contribution in [0.1, 0.15) is 44.5 Å². The summed E-state index contributed by atoms with van der Waals surface area (Å²) in [5, 5.41) is 8.51. The molecule has 0 spiro atoms. The summed E-state index contributed by atoms with van der Waals surface area (Å²) in [4.78, 5) is 5.94. The lowest BCUT2D eigenvalue weighted by Crippen LogP contribution is -2.00. The van der Waals surface area contributed by atoms with Crippen molar-refractivity contribution in [2.24, 2.45) is 0 Å². The molecule has 5 rings (SSSR count). The summed E-state index contributed by atoms with van der Waals surface area (Å²) in [7, 11) is 0. The van der Waals surface area contributed by atoms with Crippen LogP contribution in [0.25, 0.3) is 26.4 Å². The highest BCUT2D eigenvalue weighted by molar-refractivity contribution is 7.23. The number of unbranched alkanes of at least 4 members (excludes halogenated alkanes) is 2. The van der Waals surface area contributed by atoms with E-state index >= 15 is 0 Å². The van der Waals surface area contributed by atoms with E-state index in [4.69, 9.17) is 14.5 Å². The molecule has 176 valence electrons. The molecule has 0 bridgehead atoms. The Morgan fingerprint density at radius 2 is 1.88 bits per heavy atom. The fourth-order valence-corrected chi connectivity index (χ4v) is 5.19. The molecule has 3 heterocycles. The van der Waals surface area contributed by atoms with Crippen molar-refractivity contribution in [2.75, 3.05) is 6.61 Å². The van der Waals surface area contributed by atoms with Gasteiger partial charge in [0, 0.05) is 12.1 Å². The second-order valence-electron chi connectivity index (χ2n) is 8.23. The smallest absolute Gasteiger partial charge is 0.195 e. The first-order valence-electron chi connectivity index (χ1n) is 11.9. The fraction of sp³-hybridized carbons (Fsp3) is 0.346. The van der Waals surface area contributed by atoms with Crippen LogP contribution in [0.5, 0.6) is 5.75 Å². The number of ether oxygens (including phenoxy) is 2. The Hall–Kier alpha value is -3.23. The monoisotopic (exact) mass is 475 g/mol. The van der Waals surface area contributed by atoms with Crippen molar-refractivity contribution in [3.05, 3.63) is 66.1 Å². The second kappa shape index (κ2) is 10.4. The molecule has 0 aliphatic heterocycles. The van der Waals surface area contributed by atoms with Crippen LogP contribution < -0.4 is 4.74 Å². The van der Waals surface area contributed by atoms with Gasteiger partial charge in [-0.15, -0.1) is 5.10 Å². The standard InChI is InChI=1S/C26H29N5O2S/c1-3-5-9-14-30-16-20(28-29-30)17-32-18-23-25(19-10-7-6-8-11-19)27-26-31(23)22-13-12-21(33-4-2)15-24(22)34-26/h6-8,10-13,15-16H,3-5,9,14,17-18H2,1-2H3. The lowest BCUT2D eigenvalue weighted by Gasteiger charge is -2.07. The van der Waals surface area contributed by atoms with Crippen molar-refractivity contribution in [1.82, 2.24) is 24.4 Å². The zero-order valence-corrected chi connectivity index (χ0v) is 20.4. The van der Waals surface area contributed by atoms with Gasteiger partial charge in [0.2, 0.25) is 0 Å². The van der Waals surface area contributed by atoms with Crippen molar-refractivity contribution in [3.63, 3.8) is 0 Å². The molecule has 7 nitrogen and oxygen atoms in total. The Balaban J connectivity index is 1.42. The van der Waals surface area contributed by atoms with E-state index in [0.717, 1.165) is 56.5 Å². The number of benzene rings is 2. The molecular weight excluding hydrogens is 446 g/mol. The number of hydrogen-bond acceptors (Lipinski definition) is 6. The summed E-state index contributed by atoms with van der Waals surface area (Å²) in [6.07, 6.45) is 5.49. The number of aryl methyl sites for hydroxylation is 1. The number of hydrogen-bond donors (Lipinski definition) is 0. The summed E-state index contributed by atoms with van der Waals surface area (Å²) in [6, 6.07) is 16.5. The third-order valence-electron chi connectivity index (χ3n) is 5.74. The van der Waals surface area contributed by atoms with Gasteiger partial charge in [-0.3, -0.25) is 9.08 Å². The highest BCUT2D eigenvalue weighted by Gasteiger charge is 2.19. The van der Waals surface area contributed by atoms with Gasteiger partial charge in [-0.05, 0) is 31.5 Å². The third kappa shape index (κ3) is 4.69. The van der Waals surface area contributed by atoms with E-state index < -0.39 is 0 Å². The quantitative estimate of drug-likeness (QED) is 0.216. The number of thiazole rings is 1. The van der Waals surface area contributed by atoms with Crippen LogP contribution in [0, 0.1) is 0 Å². The maximum Gasteiger partial charge on any atom is 0.195 e. The molecule has 0 unspecified atom stereocenters. The lowest BCUT2D eigenvalue weighted by molar-refractivity contribution is 0.102. The molecule has 2 aromatic carbocycles. The van der Waals surface area contributed by atoms with Gasteiger partial charge < -0.3 is 9.47 Å². The SMILES string of the molecule is CCCCCn1cc(COCc2c(-c3ccccc3)nc3sc4cc(OCC)ccc4n23)nn1. The molecule has 0 saturated carbocycles. The van der Waals surface area contributed by atoms with Crippen LogP contribution in [0.2, 0.25) is 0 Å². The Kier molecular flexibility index (Phi) is 6.87. The van der Waals surface area contributed by atoms with Crippen LogP contribution in [0.3, 0.4) is 0 Å². The maximum absolute atomic E-state index is 6.16. The van der Waals surface area contributed by atoms with Gasteiger partial charge in [0.25, 0.3) is 0 Å². The average molecular weight is 476 g/mol. The first-order valence-corrected chi connectivity index (χ1v) is 12.7. The molecular formula is C26H29N5O2S. The molecule has 0 amide bonds. The van der Waals surface area contributed by atoms with Gasteiger partial charge in [0.1, 0.15) is 11.4 Å². The average Bonchev–Trinajstić information content (AvgIpc) is 3.54. The minimum absolute atomic E-state index is 0.409. The summed E-state index contributed by atoms with van der Waals surface area (Å²) in [5.41, 5.74) is 5.02. The molecule has 0 N–H and O–H groups in total. The number of aromatic nitrogens is 5. The highest BCUT2D eigenvalue weighted by Crippen LogP contribution is 2.35. The third-order valence-corrected chi connectivity index (χ3v) is 6.74. The lowest BCUT2D eigenvalue weighted by atomic mass is 10.1. The molecule has 8 heteroatoms. The molecule has 3 aromatic heterocycles. The molecule has 0 aliphatic carbocycles. The van der Waals surface area contributed by atoms with E-state index in [9.17, 15) is 0 Å². The summed E-state index contributed by atoms with van der Waals surface area (Å²) < 4.78 is 17.1. The molecule has 0 saturated heterocycles. The van der Waals surface area contributed by atoms with E-state index in [1.807, 2.05) is 42.1 Å². The molecule has 5 aromatic rings. The van der Waals surface area contributed by atoms with Crippen LogP contribution in [-0.4, -0.2) is 31.0 Å². The Bertz CT molecular complexity index is 1370. The van der Waals surface area contributed by atoms with Gasteiger partial charge in [0.15, 0.2) is 4.96 Å². The van der Waals surface area contributed by atoms with E-state index in [0.29, 0.717) is 19.8 Å². The van der Waals surface area contributed by atoms with E-state index in [-0.39, 0.29) is 0 Å². The van der Waals surface area contributed by atoms with Gasteiger partial charge in [-0.1, -0.05) is 66.6 Å². The van der Waals surface area contributed by atoms with Crippen LogP contribution in [0.15, 0.2) is 54.7 Å². The topological polar surface area (TPSA) is 66.5 Å². The summed E-state index contributed by atoms with van der Waals surface area (Å²) >= 11 is 1.66. The van der Waals surface area contributed by atoms with Gasteiger partial charge >= 0.3 is 0 Å². The number of fused-ring (bicyclic) bond motifs is 3. The minimum Gasteiger partial charge on any atom is -0.494 e. The molecule has 0 atom stereocenters. The minimum atomic E-state index is 0.409. The zero-order chi connectivity index (χ0) is 23.3. The van der Waals surface area contributed by atoms with Crippen molar-refractivity contribution >= 4 is 26.5 Å². The van der Waals surface area contributed by atoms with Crippen molar-refractivity contribution < 1.29 is 9.47 Å². The zero-order valence-electron chi connectivity index (χ0n) is 19.6. The maximum atomic E-state index is 6.16. The highest BCUT2D eigenvalue weighted by atomic mass is 32.1. The van der Waals surface area contributed by atoms with Gasteiger partial charge in [-0.2, -0.15) is 0 Å². The van der Waals surface area contributed by atoms with Crippen LogP contribution >= 0.6 is 11.3 Å². The van der Waals surface area contributed by atoms with Gasteiger partial charge in [-0.25, -0.2) is 4.98 Å². The second-order valence-corrected chi connectivity index (χ2v) is 9.24. The van der Waals surface area contributed by atoms with Gasteiger partial charge in [0.05, 0.1) is 47.6 Å². The molecule has 0 aliphatic rings. The Labute approximate surface area is 203 Å². The predicted octanol–water partition coefficient (Wildman–Crippen LogP) is 6.11. The largest absolute Gasteiger partial charge is 0.494 e. The van der Waals surface area contributed by atoms with Crippen LogP contribution in [0.4, 0.5) is 0 Å². The normalized spacial score (nSPS) is 11.6. The first kappa shape index (κ1) is 22.6. The van der Waals surface area contributed by atoms with E-state index in [1.165, 1.54) is 12.8 Å². The molecule has 0 fully saturated rings. The predicted molar refractivity (Wildman–Crippen MR) is 135 cm³/mol. The summed E-state index contributed by atoms with van der Waals surface area (Å²) in [6.45, 7) is 6.57. The number of imidazole rings is 1. The molecule has 0 radical (unpaired) electrons. The fourth-order valence-electron chi connectivity index (χ4n) is 4.11. The van der Waals surface area contributed by atoms with E-state index in [1.54, 1.807) is 11.3 Å². The Morgan fingerprint density at radius 3 is 2.71 bits per heavy atom. The van der Waals surface area contributed by atoms with Crippen molar-refractivity contribution in [1.29, 1.82) is 0 Å². The Morgan fingerprint density at radius 1 is 1.00 bits per heavy atom. The summed E-state index contributed by atoms with van der Waals surface area (Å²) in [5.74, 6) is 0.877. The first-order chi connectivity index (χ1) is 16.8. The number of rotatable bonds is 11. The molecule has 34 heavy (non-hydrogen) atoms. The van der Waals surface area contributed by atoms with Crippen LogP contribution in [-0.2, 0) is 24.5 Å². The van der Waals surface area contributed by atoms with Crippen molar-refractivity contribution in [3.8, 4) is 17.0 Å².